The van der Waals surface area contributed by atoms with Gasteiger partial charge in [-0.3, -0.25) is 4.68 Å². The fourth-order valence-corrected chi connectivity index (χ4v) is 3.22. The summed E-state index contributed by atoms with van der Waals surface area (Å²) in [6, 6.07) is 0.507. The van der Waals surface area contributed by atoms with E-state index in [1.54, 1.807) is 11.8 Å². The van der Waals surface area contributed by atoms with Gasteiger partial charge in [0.15, 0.2) is 11.0 Å². The zero-order chi connectivity index (χ0) is 13.9. The van der Waals surface area contributed by atoms with E-state index in [-0.39, 0.29) is 6.61 Å². The zero-order valence-electron chi connectivity index (χ0n) is 11.6. The molecule has 0 amide bonds. The lowest BCUT2D eigenvalue weighted by molar-refractivity contribution is 0.263. The van der Waals surface area contributed by atoms with Gasteiger partial charge < -0.3 is 9.67 Å². The molecule has 2 aromatic heterocycles. The minimum atomic E-state index is -0.0280. The number of aliphatic hydroxyl groups excluding tert-OH is 1. The number of nitrogens with zero attached hydrogens (tertiary/aromatic N) is 5. The van der Waals surface area contributed by atoms with Gasteiger partial charge >= 0.3 is 0 Å². The van der Waals surface area contributed by atoms with Gasteiger partial charge in [-0.1, -0.05) is 11.8 Å². The van der Waals surface area contributed by atoms with Crippen LogP contribution in [-0.4, -0.2) is 35.4 Å². The van der Waals surface area contributed by atoms with Crippen LogP contribution in [0.15, 0.2) is 17.6 Å². The highest BCUT2D eigenvalue weighted by atomic mass is 32.2. The van der Waals surface area contributed by atoms with Crippen LogP contribution >= 0.6 is 11.8 Å². The lowest BCUT2D eigenvalue weighted by Gasteiger charge is -2.06. The van der Waals surface area contributed by atoms with E-state index in [0.717, 1.165) is 23.8 Å². The Morgan fingerprint density at radius 3 is 2.90 bits per heavy atom. The highest BCUT2D eigenvalue weighted by Crippen LogP contribution is 2.38. The largest absolute Gasteiger partial charge is 0.388 e. The molecule has 0 aliphatic heterocycles. The van der Waals surface area contributed by atoms with Crippen molar-refractivity contribution >= 4 is 11.8 Å². The average Bonchev–Trinajstić information content (AvgIpc) is 3.07. The lowest BCUT2D eigenvalue weighted by Crippen LogP contribution is -2.03. The van der Waals surface area contributed by atoms with Crippen LogP contribution in [-0.2, 0) is 20.1 Å². The maximum atomic E-state index is 9.29. The second-order valence-corrected chi connectivity index (χ2v) is 6.19. The highest BCUT2D eigenvalue weighted by Gasteiger charge is 2.29. The Bertz CT molecular complexity index is 575. The minimum Gasteiger partial charge on any atom is -0.388 e. The van der Waals surface area contributed by atoms with Crippen molar-refractivity contribution in [2.24, 2.45) is 7.05 Å². The van der Waals surface area contributed by atoms with Crippen molar-refractivity contribution in [3.8, 4) is 0 Å². The molecule has 1 aliphatic carbocycles. The molecule has 2 heterocycles. The first-order valence-corrected chi connectivity index (χ1v) is 7.91. The van der Waals surface area contributed by atoms with Crippen molar-refractivity contribution in [2.75, 3.05) is 5.75 Å². The zero-order valence-corrected chi connectivity index (χ0v) is 12.4. The molecule has 1 N–H and O–H groups in total. The van der Waals surface area contributed by atoms with Crippen molar-refractivity contribution < 1.29 is 5.11 Å². The monoisotopic (exact) mass is 293 g/mol. The summed E-state index contributed by atoms with van der Waals surface area (Å²) in [7, 11) is 1.94. The van der Waals surface area contributed by atoms with Crippen LogP contribution < -0.4 is 0 Å². The van der Waals surface area contributed by atoms with Gasteiger partial charge in [0.1, 0.15) is 6.61 Å². The first kappa shape index (κ1) is 13.6. The Balaban J connectivity index is 1.52. The molecule has 3 rings (SSSR count). The Hall–Kier alpha value is -1.34. The Kier molecular flexibility index (Phi) is 4.07. The number of aliphatic hydroxyl groups is 1. The first-order valence-electron chi connectivity index (χ1n) is 6.93. The van der Waals surface area contributed by atoms with E-state index in [1.165, 1.54) is 18.4 Å². The molecule has 0 bridgehead atoms. The number of aryl methyl sites for hydroxylation is 2. The van der Waals surface area contributed by atoms with Crippen LogP contribution in [0.4, 0.5) is 0 Å². The van der Waals surface area contributed by atoms with Gasteiger partial charge in [0.2, 0.25) is 0 Å². The van der Waals surface area contributed by atoms with E-state index in [0.29, 0.717) is 11.9 Å². The van der Waals surface area contributed by atoms with Crippen LogP contribution in [0.3, 0.4) is 0 Å². The molecular weight excluding hydrogens is 274 g/mol. The molecule has 0 radical (unpaired) electrons. The van der Waals surface area contributed by atoms with Gasteiger partial charge in [-0.25, -0.2) is 0 Å². The van der Waals surface area contributed by atoms with Crippen LogP contribution in [0, 0.1) is 0 Å². The second-order valence-electron chi connectivity index (χ2n) is 5.13. The number of thioether (sulfide) groups is 1. The van der Waals surface area contributed by atoms with Gasteiger partial charge in [-0.15, -0.1) is 10.2 Å². The molecule has 0 aromatic carbocycles. The van der Waals surface area contributed by atoms with Crippen LogP contribution in [0.2, 0.25) is 0 Å². The molecule has 7 heteroatoms. The van der Waals surface area contributed by atoms with Crippen molar-refractivity contribution in [3.05, 3.63) is 23.8 Å². The van der Waals surface area contributed by atoms with E-state index < -0.39 is 0 Å². The van der Waals surface area contributed by atoms with Crippen molar-refractivity contribution in [2.45, 2.75) is 43.5 Å². The molecule has 0 spiro atoms. The van der Waals surface area contributed by atoms with E-state index in [2.05, 4.69) is 26.1 Å². The summed E-state index contributed by atoms with van der Waals surface area (Å²) in [5, 5.41) is 22.7. The lowest BCUT2D eigenvalue weighted by atomic mass is 10.2. The third-order valence-corrected chi connectivity index (χ3v) is 4.42. The van der Waals surface area contributed by atoms with Crippen molar-refractivity contribution in [3.63, 3.8) is 0 Å². The Morgan fingerprint density at radius 1 is 1.40 bits per heavy atom. The van der Waals surface area contributed by atoms with Crippen LogP contribution in [0.25, 0.3) is 0 Å². The smallest absolute Gasteiger partial charge is 0.191 e. The van der Waals surface area contributed by atoms with E-state index in [1.807, 2.05) is 17.9 Å². The number of rotatable bonds is 7. The maximum Gasteiger partial charge on any atom is 0.191 e. The van der Waals surface area contributed by atoms with E-state index in [9.17, 15) is 5.11 Å². The number of hydrogen-bond donors (Lipinski definition) is 1. The third kappa shape index (κ3) is 3.04. The topological polar surface area (TPSA) is 68.8 Å². The summed E-state index contributed by atoms with van der Waals surface area (Å²) < 4.78 is 3.94. The molecule has 2 aromatic rings. The standard InChI is InChI=1S/C13H19N5OS/c1-17-8-10(7-14-17)3-2-6-20-13-16-15-12(9-19)18(13)11-4-5-11/h7-8,11,19H,2-6,9H2,1H3. The summed E-state index contributed by atoms with van der Waals surface area (Å²) in [4.78, 5) is 0. The normalized spacial score (nSPS) is 14.9. The summed E-state index contributed by atoms with van der Waals surface area (Å²) in [6.07, 6.45) is 8.44. The summed E-state index contributed by atoms with van der Waals surface area (Å²) in [5.41, 5.74) is 1.27. The quantitative estimate of drug-likeness (QED) is 0.620. The summed E-state index contributed by atoms with van der Waals surface area (Å²) in [6.45, 7) is -0.0280. The average molecular weight is 293 g/mol. The molecule has 0 atom stereocenters. The van der Waals surface area contributed by atoms with Gasteiger partial charge in [-0.2, -0.15) is 5.10 Å². The predicted octanol–water partition coefficient (Wildman–Crippen LogP) is 1.56. The summed E-state index contributed by atoms with van der Waals surface area (Å²) in [5.74, 6) is 1.70. The third-order valence-electron chi connectivity index (χ3n) is 3.39. The fourth-order valence-electron chi connectivity index (χ4n) is 2.25. The molecule has 0 unspecified atom stereocenters. The molecule has 6 nitrogen and oxygen atoms in total. The minimum absolute atomic E-state index is 0.0280. The molecular formula is C13H19N5OS. The van der Waals surface area contributed by atoms with Gasteiger partial charge in [0.05, 0.1) is 6.20 Å². The van der Waals surface area contributed by atoms with Gasteiger partial charge in [0.25, 0.3) is 0 Å². The second kappa shape index (κ2) is 5.97. The van der Waals surface area contributed by atoms with E-state index >= 15 is 0 Å². The summed E-state index contributed by atoms with van der Waals surface area (Å²) >= 11 is 1.73. The van der Waals surface area contributed by atoms with Crippen LogP contribution in [0.5, 0.6) is 0 Å². The van der Waals surface area contributed by atoms with Gasteiger partial charge in [0, 0.05) is 25.0 Å². The molecule has 108 valence electrons. The predicted molar refractivity (Wildman–Crippen MR) is 76.5 cm³/mol. The molecule has 1 fully saturated rings. The fraction of sp³-hybridized carbons (Fsp3) is 0.615. The number of hydrogen-bond acceptors (Lipinski definition) is 5. The maximum absolute atomic E-state index is 9.29. The molecule has 1 aliphatic rings. The Morgan fingerprint density at radius 2 is 2.25 bits per heavy atom. The van der Waals surface area contributed by atoms with Crippen LogP contribution in [0.1, 0.15) is 36.7 Å². The molecule has 0 saturated heterocycles. The van der Waals surface area contributed by atoms with E-state index in [4.69, 9.17) is 0 Å². The SMILES string of the molecule is Cn1cc(CCCSc2nnc(CO)n2C2CC2)cn1. The van der Waals surface area contributed by atoms with Gasteiger partial charge in [-0.05, 0) is 31.2 Å². The highest BCUT2D eigenvalue weighted by molar-refractivity contribution is 7.99. The molecule has 20 heavy (non-hydrogen) atoms. The molecule has 1 saturated carbocycles. The van der Waals surface area contributed by atoms with Crippen molar-refractivity contribution in [1.29, 1.82) is 0 Å². The number of aromatic nitrogens is 5. The Labute approximate surface area is 122 Å². The van der Waals surface area contributed by atoms with Crippen molar-refractivity contribution in [1.82, 2.24) is 24.5 Å². The first-order chi connectivity index (χ1) is 9.78.